The van der Waals surface area contributed by atoms with E-state index in [9.17, 15) is 14.0 Å². The molecule has 1 heterocycles. The molecule has 3 aromatic rings. The minimum Gasteiger partial charge on any atom is -0.371 e. The van der Waals surface area contributed by atoms with E-state index in [0.29, 0.717) is 27.2 Å². The lowest BCUT2D eigenvalue weighted by Gasteiger charge is -2.33. The Balaban J connectivity index is 1.57. The van der Waals surface area contributed by atoms with Gasteiger partial charge in [0, 0.05) is 35.5 Å². The fraction of sp³-hybridized carbons (Fsp3) is 0.259. The Hall–Kier alpha value is -3.19. The maximum Gasteiger partial charge on any atom is 0.256 e. The first-order valence-corrected chi connectivity index (χ1v) is 12.2. The average molecular weight is 524 g/mol. The van der Waals surface area contributed by atoms with Crippen LogP contribution in [0, 0.1) is 11.7 Å². The van der Waals surface area contributed by atoms with Crippen molar-refractivity contribution in [2.45, 2.75) is 26.3 Å². The molecule has 176 valence electrons. The maximum atomic E-state index is 13.2. The maximum absolute atomic E-state index is 13.2. The lowest BCUT2D eigenvalue weighted by molar-refractivity contribution is 0.0950. The first-order chi connectivity index (χ1) is 16.4. The van der Waals surface area contributed by atoms with Crippen molar-refractivity contribution in [2.75, 3.05) is 23.3 Å². The minimum absolute atomic E-state index is 0.241. The number of nitrogens with zero attached hydrogens (tertiary/aromatic N) is 1. The van der Waals surface area contributed by atoms with Gasteiger partial charge in [0.15, 0.2) is 0 Å². The monoisotopic (exact) mass is 523 g/mol. The van der Waals surface area contributed by atoms with Crippen LogP contribution in [0.4, 0.5) is 15.8 Å². The lowest BCUT2D eigenvalue weighted by atomic mass is 9.97. The molecule has 1 aliphatic rings. The van der Waals surface area contributed by atoms with E-state index in [1.807, 2.05) is 24.3 Å². The lowest BCUT2D eigenvalue weighted by Crippen LogP contribution is -2.35. The number of carbonyl (C=O) groups excluding carboxylic acids is 2. The van der Waals surface area contributed by atoms with Crippen LogP contribution in [0.15, 0.2) is 71.2 Å². The molecular formula is C27H27BrFN3O2. The predicted octanol–water partition coefficient (Wildman–Crippen LogP) is 6.01. The number of amides is 2. The molecule has 2 amide bonds. The quantitative estimate of drug-likeness (QED) is 0.416. The van der Waals surface area contributed by atoms with Crippen LogP contribution in [-0.4, -0.2) is 24.9 Å². The summed E-state index contributed by atoms with van der Waals surface area (Å²) in [5, 5.41) is 5.84. The number of carbonyl (C=O) groups is 2. The van der Waals surface area contributed by atoms with Crippen LogP contribution in [0.1, 0.15) is 46.0 Å². The summed E-state index contributed by atoms with van der Waals surface area (Å²) < 4.78 is 13.9. The van der Waals surface area contributed by atoms with E-state index in [-0.39, 0.29) is 24.2 Å². The summed E-state index contributed by atoms with van der Waals surface area (Å²) in [6, 6.07) is 18.7. The first-order valence-electron chi connectivity index (χ1n) is 11.4. The highest BCUT2D eigenvalue weighted by Crippen LogP contribution is 2.29. The van der Waals surface area contributed by atoms with Crippen LogP contribution >= 0.6 is 15.9 Å². The van der Waals surface area contributed by atoms with Gasteiger partial charge in [-0.1, -0.05) is 31.2 Å². The molecule has 0 spiro atoms. The van der Waals surface area contributed by atoms with Gasteiger partial charge in [-0.05, 0) is 82.7 Å². The summed E-state index contributed by atoms with van der Waals surface area (Å²) in [6.07, 6.45) is 2.13. The zero-order chi connectivity index (χ0) is 24.1. The molecule has 1 fully saturated rings. The molecule has 0 unspecified atom stereocenters. The number of anilines is 2. The van der Waals surface area contributed by atoms with Crippen LogP contribution in [-0.2, 0) is 6.54 Å². The van der Waals surface area contributed by atoms with E-state index in [4.69, 9.17) is 0 Å². The first kappa shape index (κ1) is 24.0. The van der Waals surface area contributed by atoms with Crippen molar-refractivity contribution in [2.24, 2.45) is 5.92 Å². The van der Waals surface area contributed by atoms with Gasteiger partial charge in [0.2, 0.25) is 0 Å². The molecule has 0 bridgehead atoms. The molecule has 1 aliphatic heterocycles. The highest BCUT2D eigenvalue weighted by molar-refractivity contribution is 9.10. The van der Waals surface area contributed by atoms with Gasteiger partial charge in [-0.15, -0.1) is 0 Å². The second kappa shape index (κ2) is 10.8. The molecule has 0 atom stereocenters. The number of hydrogen-bond donors (Lipinski definition) is 2. The third-order valence-corrected chi connectivity index (χ3v) is 6.80. The molecular weight excluding hydrogens is 497 g/mol. The zero-order valence-electron chi connectivity index (χ0n) is 19.0. The standard InChI is InChI=1S/C27H27BrFN3O2/c1-18-12-14-32(15-13-18)25-11-10-21(31-27(34)22-4-2-3-5-24(22)28)16-23(25)26(33)30-17-19-6-8-20(29)9-7-19/h2-11,16,18H,12-15,17H2,1H3,(H,30,33)(H,31,34). The molecule has 4 rings (SSSR count). The van der Waals surface area contributed by atoms with Gasteiger partial charge in [0.1, 0.15) is 5.82 Å². The Labute approximate surface area is 207 Å². The summed E-state index contributed by atoms with van der Waals surface area (Å²) in [6.45, 7) is 4.28. The minimum atomic E-state index is -0.315. The van der Waals surface area contributed by atoms with Gasteiger partial charge in [0.05, 0.1) is 11.1 Å². The molecule has 1 saturated heterocycles. The molecule has 5 nitrogen and oxygen atoms in total. The Morgan fingerprint density at radius 3 is 2.38 bits per heavy atom. The number of rotatable bonds is 6. The van der Waals surface area contributed by atoms with Crippen molar-refractivity contribution in [1.29, 1.82) is 0 Å². The van der Waals surface area contributed by atoms with Gasteiger partial charge >= 0.3 is 0 Å². The summed E-state index contributed by atoms with van der Waals surface area (Å²) in [7, 11) is 0. The summed E-state index contributed by atoms with van der Waals surface area (Å²) in [5.74, 6) is -0.153. The summed E-state index contributed by atoms with van der Waals surface area (Å²) in [5.41, 5.74) is 3.21. The van der Waals surface area contributed by atoms with Crippen LogP contribution < -0.4 is 15.5 Å². The van der Waals surface area contributed by atoms with Crippen LogP contribution in [0.5, 0.6) is 0 Å². The van der Waals surface area contributed by atoms with Crippen molar-refractivity contribution >= 4 is 39.1 Å². The Bertz CT molecular complexity index is 1170. The van der Waals surface area contributed by atoms with Gasteiger partial charge in [-0.2, -0.15) is 0 Å². The van der Waals surface area contributed by atoms with Crippen molar-refractivity contribution in [3.05, 3.63) is 93.7 Å². The molecule has 7 heteroatoms. The number of piperidine rings is 1. The fourth-order valence-electron chi connectivity index (χ4n) is 4.04. The number of halogens is 2. The SMILES string of the molecule is CC1CCN(c2ccc(NC(=O)c3ccccc3Br)cc2C(=O)NCc2ccc(F)cc2)CC1. The van der Waals surface area contributed by atoms with Gasteiger partial charge < -0.3 is 15.5 Å². The van der Waals surface area contributed by atoms with Crippen molar-refractivity contribution in [3.63, 3.8) is 0 Å². The fourth-order valence-corrected chi connectivity index (χ4v) is 4.51. The van der Waals surface area contributed by atoms with Gasteiger partial charge in [-0.25, -0.2) is 4.39 Å². The van der Waals surface area contributed by atoms with Crippen molar-refractivity contribution < 1.29 is 14.0 Å². The Kier molecular flexibility index (Phi) is 7.63. The number of benzene rings is 3. The summed E-state index contributed by atoms with van der Waals surface area (Å²) in [4.78, 5) is 28.3. The van der Waals surface area contributed by atoms with Gasteiger partial charge in [-0.3, -0.25) is 9.59 Å². The zero-order valence-corrected chi connectivity index (χ0v) is 20.6. The van der Waals surface area contributed by atoms with Crippen molar-refractivity contribution in [1.82, 2.24) is 5.32 Å². The van der Waals surface area contributed by atoms with E-state index in [0.717, 1.165) is 37.2 Å². The van der Waals surface area contributed by atoms with E-state index in [2.05, 4.69) is 38.4 Å². The molecule has 0 aliphatic carbocycles. The van der Waals surface area contributed by atoms with E-state index in [1.54, 1.807) is 30.3 Å². The Morgan fingerprint density at radius 2 is 1.68 bits per heavy atom. The van der Waals surface area contributed by atoms with Gasteiger partial charge in [0.25, 0.3) is 11.8 Å². The van der Waals surface area contributed by atoms with Crippen LogP contribution in [0.3, 0.4) is 0 Å². The second-order valence-electron chi connectivity index (χ2n) is 8.64. The molecule has 3 aromatic carbocycles. The molecule has 2 N–H and O–H groups in total. The van der Waals surface area contributed by atoms with Crippen LogP contribution in [0.2, 0.25) is 0 Å². The third kappa shape index (κ3) is 5.83. The highest BCUT2D eigenvalue weighted by atomic mass is 79.9. The topological polar surface area (TPSA) is 61.4 Å². The molecule has 0 radical (unpaired) electrons. The molecule has 0 aromatic heterocycles. The third-order valence-electron chi connectivity index (χ3n) is 6.11. The van der Waals surface area contributed by atoms with E-state index >= 15 is 0 Å². The van der Waals surface area contributed by atoms with Crippen molar-refractivity contribution in [3.8, 4) is 0 Å². The van der Waals surface area contributed by atoms with Crippen LogP contribution in [0.25, 0.3) is 0 Å². The predicted molar refractivity (Wildman–Crippen MR) is 137 cm³/mol. The highest BCUT2D eigenvalue weighted by Gasteiger charge is 2.22. The smallest absolute Gasteiger partial charge is 0.256 e. The largest absolute Gasteiger partial charge is 0.371 e. The normalized spacial score (nSPS) is 14.0. The van der Waals surface area contributed by atoms with E-state index in [1.165, 1.54) is 12.1 Å². The van der Waals surface area contributed by atoms with E-state index < -0.39 is 0 Å². The number of nitrogens with one attached hydrogen (secondary N) is 2. The number of hydrogen-bond acceptors (Lipinski definition) is 3. The molecule has 0 saturated carbocycles. The molecule has 34 heavy (non-hydrogen) atoms. The Morgan fingerprint density at radius 1 is 0.971 bits per heavy atom. The second-order valence-corrected chi connectivity index (χ2v) is 9.50. The summed E-state index contributed by atoms with van der Waals surface area (Å²) >= 11 is 3.41. The average Bonchev–Trinajstić information content (AvgIpc) is 2.84.